The maximum Gasteiger partial charge on any atom is 0.339 e. The quantitative estimate of drug-likeness (QED) is 0.648. The molecule has 0 heterocycles. The van der Waals surface area contributed by atoms with E-state index >= 15 is 0 Å². The Morgan fingerprint density at radius 1 is 1.28 bits per heavy atom. The number of hydrogen-bond donors (Lipinski definition) is 1. The first-order valence-electron chi connectivity index (χ1n) is 5.29. The highest BCUT2D eigenvalue weighted by Gasteiger charge is 2.09. The first-order chi connectivity index (χ1) is 8.58. The molecule has 0 unspecified atom stereocenters. The van der Waals surface area contributed by atoms with Gasteiger partial charge in [0.1, 0.15) is 0 Å². The zero-order valence-electron chi connectivity index (χ0n) is 10.3. The van der Waals surface area contributed by atoms with Crippen LogP contribution in [0.25, 0.3) is 6.08 Å². The van der Waals surface area contributed by atoms with Gasteiger partial charge in [0.25, 0.3) is 0 Å². The van der Waals surface area contributed by atoms with E-state index < -0.39 is 5.97 Å². The molecule has 1 aromatic rings. The van der Waals surface area contributed by atoms with Crippen LogP contribution in [0.15, 0.2) is 24.3 Å². The Balaban J connectivity index is 2.85. The molecule has 1 aromatic carbocycles. The van der Waals surface area contributed by atoms with E-state index in [-0.39, 0.29) is 12.4 Å². The average Bonchev–Trinajstić information content (AvgIpc) is 2.39. The van der Waals surface area contributed by atoms with Crippen LogP contribution in [0.5, 0.6) is 0 Å². The molecular weight excluding hydrogens is 234 g/mol. The largest absolute Gasteiger partial charge is 0.469 e. The Bertz CT molecular complexity index is 480. The van der Waals surface area contributed by atoms with Crippen molar-refractivity contribution in [3.05, 3.63) is 35.4 Å². The SMILES string of the molecule is COC(=O)CC=Cc1ccc(N)c(C(=O)OC)c1. The zero-order valence-corrected chi connectivity index (χ0v) is 10.3. The highest BCUT2D eigenvalue weighted by Crippen LogP contribution is 2.16. The Morgan fingerprint density at radius 3 is 2.61 bits per heavy atom. The number of anilines is 1. The molecule has 0 saturated carbocycles. The van der Waals surface area contributed by atoms with Crippen molar-refractivity contribution in [3.63, 3.8) is 0 Å². The fraction of sp³-hybridized carbons (Fsp3) is 0.231. The van der Waals surface area contributed by atoms with E-state index in [9.17, 15) is 9.59 Å². The minimum Gasteiger partial charge on any atom is -0.469 e. The van der Waals surface area contributed by atoms with Gasteiger partial charge in [-0.15, -0.1) is 0 Å². The van der Waals surface area contributed by atoms with Gasteiger partial charge < -0.3 is 15.2 Å². The van der Waals surface area contributed by atoms with Gasteiger partial charge in [-0.25, -0.2) is 4.79 Å². The van der Waals surface area contributed by atoms with Crippen LogP contribution in [0.2, 0.25) is 0 Å². The van der Waals surface area contributed by atoms with Crippen molar-refractivity contribution in [1.82, 2.24) is 0 Å². The Hall–Kier alpha value is -2.30. The molecule has 0 aliphatic heterocycles. The van der Waals surface area contributed by atoms with E-state index in [4.69, 9.17) is 5.73 Å². The number of benzene rings is 1. The van der Waals surface area contributed by atoms with E-state index in [1.54, 1.807) is 30.4 Å². The minimum atomic E-state index is -0.490. The number of nitrogen functional groups attached to an aromatic ring is 1. The number of hydrogen-bond acceptors (Lipinski definition) is 5. The van der Waals surface area contributed by atoms with Crippen LogP contribution in [-0.2, 0) is 14.3 Å². The number of esters is 2. The van der Waals surface area contributed by atoms with Gasteiger partial charge in [-0.2, -0.15) is 0 Å². The molecule has 1 rings (SSSR count). The topological polar surface area (TPSA) is 78.6 Å². The fourth-order valence-corrected chi connectivity index (χ4v) is 1.34. The second-order valence-corrected chi connectivity index (χ2v) is 3.52. The summed E-state index contributed by atoms with van der Waals surface area (Å²) in [6.45, 7) is 0. The van der Waals surface area contributed by atoms with Gasteiger partial charge in [-0.3, -0.25) is 4.79 Å². The van der Waals surface area contributed by atoms with E-state index in [0.717, 1.165) is 5.56 Å². The van der Waals surface area contributed by atoms with Crippen molar-refractivity contribution in [2.75, 3.05) is 20.0 Å². The molecule has 0 aromatic heterocycles. The van der Waals surface area contributed by atoms with Crippen molar-refractivity contribution in [1.29, 1.82) is 0 Å². The Labute approximate surface area is 105 Å². The molecule has 0 bridgehead atoms. The molecule has 5 heteroatoms. The molecule has 0 aliphatic rings. The fourth-order valence-electron chi connectivity index (χ4n) is 1.34. The van der Waals surface area contributed by atoms with Gasteiger partial charge in [0, 0.05) is 5.69 Å². The summed E-state index contributed by atoms with van der Waals surface area (Å²) in [7, 11) is 2.62. The summed E-state index contributed by atoms with van der Waals surface area (Å²) in [5.74, 6) is -0.814. The number of carbonyl (C=O) groups excluding carboxylic acids is 2. The molecule has 2 N–H and O–H groups in total. The molecule has 18 heavy (non-hydrogen) atoms. The predicted molar refractivity (Wildman–Crippen MR) is 67.9 cm³/mol. The highest BCUT2D eigenvalue weighted by atomic mass is 16.5. The molecule has 0 atom stereocenters. The zero-order chi connectivity index (χ0) is 13.5. The van der Waals surface area contributed by atoms with Crippen LogP contribution in [0.3, 0.4) is 0 Å². The van der Waals surface area contributed by atoms with Gasteiger partial charge in [0.2, 0.25) is 0 Å². The number of methoxy groups -OCH3 is 2. The normalized spacial score (nSPS) is 10.3. The van der Waals surface area contributed by atoms with Crippen molar-refractivity contribution < 1.29 is 19.1 Å². The van der Waals surface area contributed by atoms with Crippen LogP contribution in [0.1, 0.15) is 22.3 Å². The van der Waals surface area contributed by atoms with E-state index in [2.05, 4.69) is 9.47 Å². The number of rotatable bonds is 4. The van der Waals surface area contributed by atoms with Crippen molar-refractivity contribution >= 4 is 23.7 Å². The standard InChI is InChI=1S/C13H15NO4/c1-17-12(15)5-3-4-9-6-7-11(14)10(8-9)13(16)18-2/h3-4,6-8H,5,14H2,1-2H3. The lowest BCUT2D eigenvalue weighted by Crippen LogP contribution is -2.05. The van der Waals surface area contributed by atoms with Crippen LogP contribution >= 0.6 is 0 Å². The Morgan fingerprint density at radius 2 is 2.00 bits per heavy atom. The lowest BCUT2D eigenvalue weighted by atomic mass is 10.1. The summed E-state index contributed by atoms with van der Waals surface area (Å²) < 4.78 is 9.12. The molecule has 0 amide bonds. The summed E-state index contributed by atoms with van der Waals surface area (Å²) in [6.07, 6.45) is 3.54. The summed E-state index contributed by atoms with van der Waals surface area (Å²) >= 11 is 0. The third-order valence-electron chi connectivity index (χ3n) is 2.31. The van der Waals surface area contributed by atoms with E-state index in [1.807, 2.05) is 0 Å². The third kappa shape index (κ3) is 3.62. The van der Waals surface area contributed by atoms with Gasteiger partial charge in [-0.05, 0) is 17.7 Å². The first kappa shape index (κ1) is 13.8. The number of carbonyl (C=O) groups is 2. The number of nitrogens with two attached hydrogens (primary N) is 1. The summed E-state index contributed by atoms with van der Waals surface area (Å²) in [5, 5.41) is 0. The van der Waals surface area contributed by atoms with Crippen LogP contribution < -0.4 is 5.73 Å². The number of ether oxygens (including phenoxy) is 2. The molecule has 96 valence electrons. The van der Waals surface area contributed by atoms with Gasteiger partial charge in [0.15, 0.2) is 0 Å². The maximum absolute atomic E-state index is 11.4. The monoisotopic (exact) mass is 249 g/mol. The van der Waals surface area contributed by atoms with Crippen LogP contribution in [-0.4, -0.2) is 26.2 Å². The van der Waals surface area contributed by atoms with Gasteiger partial charge in [-0.1, -0.05) is 18.2 Å². The lowest BCUT2D eigenvalue weighted by Gasteiger charge is -2.04. The smallest absolute Gasteiger partial charge is 0.339 e. The van der Waals surface area contributed by atoms with Crippen LogP contribution in [0, 0.1) is 0 Å². The second kappa shape index (κ2) is 6.44. The van der Waals surface area contributed by atoms with Crippen molar-refractivity contribution in [3.8, 4) is 0 Å². The summed E-state index contributed by atoms with van der Waals surface area (Å²) in [4.78, 5) is 22.3. The van der Waals surface area contributed by atoms with E-state index in [0.29, 0.717) is 11.3 Å². The van der Waals surface area contributed by atoms with Gasteiger partial charge >= 0.3 is 11.9 Å². The summed E-state index contributed by atoms with van der Waals surface area (Å²) in [5.41, 5.74) is 7.08. The lowest BCUT2D eigenvalue weighted by molar-refractivity contribution is -0.139. The maximum atomic E-state index is 11.4. The van der Waals surface area contributed by atoms with E-state index in [1.165, 1.54) is 14.2 Å². The van der Waals surface area contributed by atoms with Crippen LogP contribution in [0.4, 0.5) is 5.69 Å². The molecule has 0 aliphatic carbocycles. The Kier molecular flexibility index (Phi) is 4.92. The van der Waals surface area contributed by atoms with Gasteiger partial charge in [0.05, 0.1) is 26.2 Å². The molecule has 0 radical (unpaired) electrons. The average molecular weight is 249 g/mol. The predicted octanol–water partition coefficient (Wildman–Crippen LogP) is 1.63. The summed E-state index contributed by atoms with van der Waals surface area (Å²) in [6, 6.07) is 4.97. The highest BCUT2D eigenvalue weighted by molar-refractivity contribution is 5.95. The van der Waals surface area contributed by atoms with Crippen molar-refractivity contribution in [2.45, 2.75) is 6.42 Å². The molecule has 5 nitrogen and oxygen atoms in total. The second-order valence-electron chi connectivity index (χ2n) is 3.52. The third-order valence-corrected chi connectivity index (χ3v) is 2.31. The molecular formula is C13H15NO4. The molecule has 0 spiro atoms. The molecule has 0 saturated heterocycles. The first-order valence-corrected chi connectivity index (χ1v) is 5.29. The molecule has 0 fully saturated rings. The van der Waals surface area contributed by atoms with Crippen molar-refractivity contribution in [2.24, 2.45) is 0 Å². The minimum absolute atomic E-state index is 0.175.